The van der Waals surface area contributed by atoms with Crippen LogP contribution in [0, 0.1) is 6.92 Å². The van der Waals surface area contributed by atoms with Gasteiger partial charge in [-0.05, 0) is 50.5 Å². The number of benzene rings is 1. The van der Waals surface area contributed by atoms with Crippen molar-refractivity contribution >= 4 is 17.6 Å². The minimum atomic E-state index is -0.103. The number of aryl methyl sites for hydroxylation is 1. The standard InChI is InChI=1S/C21H26N4O2/c1-3-22-20(26)16-8-9-19(23-14-16)25-12-10-17(11-13-25)24-21(27)18-7-5-4-6-15(18)2/h4-9,14,17H,3,10-13H2,1-2H3,(H,22,26)(H,24,27). The van der Waals surface area contributed by atoms with Gasteiger partial charge in [-0.2, -0.15) is 0 Å². The van der Waals surface area contributed by atoms with Crippen LogP contribution in [-0.4, -0.2) is 42.5 Å². The van der Waals surface area contributed by atoms with E-state index in [4.69, 9.17) is 0 Å². The van der Waals surface area contributed by atoms with Crippen LogP contribution in [0.2, 0.25) is 0 Å². The van der Waals surface area contributed by atoms with Gasteiger partial charge in [0, 0.05) is 37.4 Å². The van der Waals surface area contributed by atoms with E-state index in [2.05, 4.69) is 20.5 Å². The van der Waals surface area contributed by atoms with Gasteiger partial charge in [-0.1, -0.05) is 18.2 Å². The van der Waals surface area contributed by atoms with Crippen molar-refractivity contribution in [2.24, 2.45) is 0 Å². The fourth-order valence-electron chi connectivity index (χ4n) is 3.31. The van der Waals surface area contributed by atoms with Crippen LogP contribution in [0.5, 0.6) is 0 Å². The minimum absolute atomic E-state index is 0.00374. The molecule has 0 atom stereocenters. The van der Waals surface area contributed by atoms with Gasteiger partial charge in [0.15, 0.2) is 0 Å². The average Bonchev–Trinajstić information content (AvgIpc) is 2.69. The molecule has 2 heterocycles. The summed E-state index contributed by atoms with van der Waals surface area (Å²) in [7, 11) is 0. The predicted octanol–water partition coefficient (Wildman–Crippen LogP) is 2.54. The van der Waals surface area contributed by atoms with Gasteiger partial charge in [-0.3, -0.25) is 9.59 Å². The maximum absolute atomic E-state index is 12.5. The molecule has 6 nitrogen and oxygen atoms in total. The summed E-state index contributed by atoms with van der Waals surface area (Å²) in [5.41, 5.74) is 2.30. The van der Waals surface area contributed by atoms with E-state index in [0.29, 0.717) is 12.1 Å². The molecule has 2 amide bonds. The van der Waals surface area contributed by atoms with Crippen molar-refractivity contribution in [3.63, 3.8) is 0 Å². The number of nitrogens with zero attached hydrogens (tertiary/aromatic N) is 2. The fraction of sp³-hybridized carbons (Fsp3) is 0.381. The quantitative estimate of drug-likeness (QED) is 0.853. The largest absolute Gasteiger partial charge is 0.356 e. The molecule has 0 unspecified atom stereocenters. The zero-order chi connectivity index (χ0) is 19.2. The van der Waals surface area contributed by atoms with Crippen LogP contribution in [0.25, 0.3) is 0 Å². The van der Waals surface area contributed by atoms with Gasteiger partial charge < -0.3 is 15.5 Å². The van der Waals surface area contributed by atoms with E-state index in [1.54, 1.807) is 12.3 Å². The number of hydrogen-bond donors (Lipinski definition) is 2. The van der Waals surface area contributed by atoms with Crippen LogP contribution in [0.1, 0.15) is 46.0 Å². The lowest BCUT2D eigenvalue weighted by molar-refractivity contribution is 0.0928. The van der Waals surface area contributed by atoms with Crippen LogP contribution in [0.4, 0.5) is 5.82 Å². The molecule has 27 heavy (non-hydrogen) atoms. The lowest BCUT2D eigenvalue weighted by atomic mass is 10.0. The second-order valence-electron chi connectivity index (χ2n) is 6.81. The van der Waals surface area contributed by atoms with E-state index in [1.165, 1.54) is 0 Å². The van der Waals surface area contributed by atoms with E-state index < -0.39 is 0 Å². The number of piperidine rings is 1. The first-order chi connectivity index (χ1) is 13.1. The number of nitrogens with one attached hydrogen (secondary N) is 2. The number of carbonyl (C=O) groups excluding carboxylic acids is 2. The van der Waals surface area contributed by atoms with Crippen LogP contribution < -0.4 is 15.5 Å². The van der Waals surface area contributed by atoms with Gasteiger partial charge in [0.2, 0.25) is 0 Å². The molecule has 1 fully saturated rings. The molecule has 3 rings (SSSR count). The predicted molar refractivity (Wildman–Crippen MR) is 106 cm³/mol. The molecule has 142 valence electrons. The Kier molecular flexibility index (Phi) is 6.06. The SMILES string of the molecule is CCNC(=O)c1ccc(N2CCC(NC(=O)c3ccccc3C)CC2)nc1. The summed E-state index contributed by atoms with van der Waals surface area (Å²) in [6.07, 6.45) is 3.36. The van der Waals surface area contributed by atoms with Crippen molar-refractivity contribution in [2.75, 3.05) is 24.5 Å². The Hall–Kier alpha value is -2.89. The summed E-state index contributed by atoms with van der Waals surface area (Å²) >= 11 is 0. The number of carbonyl (C=O) groups is 2. The van der Waals surface area contributed by atoms with Gasteiger partial charge >= 0.3 is 0 Å². The maximum atomic E-state index is 12.5. The van der Waals surface area contributed by atoms with Crippen LogP contribution in [0.3, 0.4) is 0 Å². The summed E-state index contributed by atoms with van der Waals surface area (Å²) in [5.74, 6) is 0.761. The van der Waals surface area contributed by atoms with Crippen molar-refractivity contribution in [3.8, 4) is 0 Å². The van der Waals surface area contributed by atoms with Gasteiger partial charge in [-0.25, -0.2) is 4.98 Å². The van der Waals surface area contributed by atoms with Gasteiger partial charge in [0.05, 0.1) is 5.56 Å². The average molecular weight is 366 g/mol. The van der Waals surface area contributed by atoms with E-state index in [9.17, 15) is 9.59 Å². The molecule has 1 aromatic carbocycles. The van der Waals surface area contributed by atoms with E-state index in [1.807, 2.05) is 44.2 Å². The van der Waals surface area contributed by atoms with Crippen molar-refractivity contribution in [3.05, 3.63) is 59.3 Å². The minimum Gasteiger partial charge on any atom is -0.356 e. The highest BCUT2D eigenvalue weighted by molar-refractivity contribution is 5.95. The molecule has 0 spiro atoms. The zero-order valence-electron chi connectivity index (χ0n) is 15.9. The second kappa shape index (κ2) is 8.66. The maximum Gasteiger partial charge on any atom is 0.252 e. The lowest BCUT2D eigenvalue weighted by Crippen LogP contribution is -2.45. The summed E-state index contributed by atoms with van der Waals surface area (Å²) in [4.78, 5) is 30.9. The summed E-state index contributed by atoms with van der Waals surface area (Å²) in [5, 5.41) is 5.92. The van der Waals surface area contributed by atoms with Crippen LogP contribution >= 0.6 is 0 Å². The first kappa shape index (κ1) is 18.9. The molecule has 0 saturated carbocycles. The molecule has 1 saturated heterocycles. The van der Waals surface area contributed by atoms with Crippen molar-refractivity contribution in [2.45, 2.75) is 32.7 Å². The highest BCUT2D eigenvalue weighted by atomic mass is 16.2. The number of rotatable bonds is 5. The molecule has 6 heteroatoms. The Morgan fingerprint density at radius 1 is 1.11 bits per heavy atom. The van der Waals surface area contributed by atoms with Gasteiger partial charge in [0.25, 0.3) is 11.8 Å². The number of pyridine rings is 1. The molecule has 0 radical (unpaired) electrons. The highest BCUT2D eigenvalue weighted by Gasteiger charge is 2.22. The lowest BCUT2D eigenvalue weighted by Gasteiger charge is -2.33. The molecule has 0 aliphatic carbocycles. The summed E-state index contributed by atoms with van der Waals surface area (Å²) in [6, 6.07) is 11.5. The molecule has 1 aliphatic heterocycles. The molecular formula is C21H26N4O2. The summed E-state index contributed by atoms with van der Waals surface area (Å²) in [6.45, 7) is 6.09. The van der Waals surface area contributed by atoms with E-state index in [0.717, 1.165) is 42.9 Å². The van der Waals surface area contributed by atoms with Crippen molar-refractivity contribution < 1.29 is 9.59 Å². The topological polar surface area (TPSA) is 74.3 Å². The number of aromatic nitrogens is 1. The smallest absolute Gasteiger partial charge is 0.252 e. The van der Waals surface area contributed by atoms with Crippen molar-refractivity contribution in [1.82, 2.24) is 15.6 Å². The molecule has 1 aliphatic rings. The first-order valence-corrected chi connectivity index (χ1v) is 9.44. The second-order valence-corrected chi connectivity index (χ2v) is 6.81. The third-order valence-electron chi connectivity index (χ3n) is 4.89. The van der Waals surface area contributed by atoms with Crippen LogP contribution in [-0.2, 0) is 0 Å². The van der Waals surface area contributed by atoms with Crippen molar-refractivity contribution in [1.29, 1.82) is 0 Å². The third kappa shape index (κ3) is 4.64. The Morgan fingerprint density at radius 2 is 1.85 bits per heavy atom. The Morgan fingerprint density at radius 3 is 2.48 bits per heavy atom. The number of hydrogen-bond acceptors (Lipinski definition) is 4. The zero-order valence-corrected chi connectivity index (χ0v) is 15.9. The molecule has 2 N–H and O–H groups in total. The molecular weight excluding hydrogens is 340 g/mol. The molecule has 2 aromatic rings. The third-order valence-corrected chi connectivity index (χ3v) is 4.89. The highest BCUT2D eigenvalue weighted by Crippen LogP contribution is 2.19. The van der Waals surface area contributed by atoms with E-state index in [-0.39, 0.29) is 17.9 Å². The normalized spacial score (nSPS) is 14.7. The number of anilines is 1. The van der Waals surface area contributed by atoms with Crippen LogP contribution in [0.15, 0.2) is 42.6 Å². The summed E-state index contributed by atoms with van der Waals surface area (Å²) < 4.78 is 0. The van der Waals surface area contributed by atoms with Gasteiger partial charge in [0.1, 0.15) is 5.82 Å². The van der Waals surface area contributed by atoms with Gasteiger partial charge in [-0.15, -0.1) is 0 Å². The Balaban J connectivity index is 1.53. The Bertz CT molecular complexity index is 796. The Labute approximate surface area is 160 Å². The monoisotopic (exact) mass is 366 g/mol. The molecule has 1 aromatic heterocycles. The first-order valence-electron chi connectivity index (χ1n) is 9.44. The van der Waals surface area contributed by atoms with E-state index >= 15 is 0 Å². The fourth-order valence-corrected chi connectivity index (χ4v) is 3.31. The number of amides is 2. The molecule has 0 bridgehead atoms.